The second-order valence-electron chi connectivity index (χ2n) is 8.52. The van der Waals surface area contributed by atoms with Gasteiger partial charge < -0.3 is 14.0 Å². The van der Waals surface area contributed by atoms with Crippen LogP contribution in [0.2, 0.25) is 0 Å². The summed E-state index contributed by atoms with van der Waals surface area (Å²) >= 11 is 1.49. The topological polar surface area (TPSA) is 69.5 Å². The smallest absolute Gasteiger partial charge is 0.174 e. The Morgan fingerprint density at radius 1 is 1.21 bits per heavy atom. The number of nitrogens with zero attached hydrogens (tertiary/aromatic N) is 4. The molecule has 1 aliphatic heterocycles. The summed E-state index contributed by atoms with van der Waals surface area (Å²) in [4.78, 5) is 25.1. The van der Waals surface area contributed by atoms with Gasteiger partial charge in [-0.3, -0.25) is 9.69 Å². The van der Waals surface area contributed by atoms with Crippen LogP contribution < -0.4 is 0 Å². The van der Waals surface area contributed by atoms with Crippen LogP contribution in [0, 0.1) is 13.8 Å². The van der Waals surface area contributed by atoms with Crippen LogP contribution in [0.15, 0.2) is 35.4 Å². The molecule has 0 N–H and O–H groups in total. The van der Waals surface area contributed by atoms with Crippen molar-refractivity contribution in [2.45, 2.75) is 38.4 Å². The number of para-hydroxylation sites is 1. The van der Waals surface area contributed by atoms with Crippen molar-refractivity contribution in [3.63, 3.8) is 0 Å². The molecule has 2 aromatic heterocycles. The normalized spacial score (nSPS) is 15.8. The molecule has 0 saturated carbocycles. The van der Waals surface area contributed by atoms with Gasteiger partial charge in [-0.05, 0) is 32.9 Å². The van der Waals surface area contributed by atoms with Crippen LogP contribution in [0.5, 0.6) is 0 Å². The SMILES string of the molecule is COC[C@@H](C)n1c(C)cc(C(=O)CSc2nc(CN3CCOCC3)nc3ccccc23)c1C. The molecule has 33 heavy (non-hydrogen) atoms. The Morgan fingerprint density at radius 3 is 2.73 bits per heavy atom. The van der Waals surface area contributed by atoms with E-state index in [1.807, 2.05) is 44.2 Å². The number of hydrogen-bond acceptors (Lipinski definition) is 7. The molecule has 4 rings (SSSR count). The number of aryl methyl sites for hydroxylation is 1. The Bertz CT molecular complexity index is 1120. The van der Waals surface area contributed by atoms with Gasteiger partial charge in [0.25, 0.3) is 0 Å². The third-order valence-electron chi connectivity index (χ3n) is 6.06. The second-order valence-corrected chi connectivity index (χ2v) is 9.49. The fraction of sp³-hybridized carbons (Fsp3) is 0.480. The summed E-state index contributed by atoms with van der Waals surface area (Å²) in [6, 6.07) is 10.2. The third kappa shape index (κ3) is 5.46. The standard InChI is InChI=1S/C25H32N4O3S/c1-17-13-21(19(3)29(17)18(2)15-31-4)23(30)16-33-25-20-7-5-6-8-22(20)26-24(27-25)14-28-9-11-32-12-10-28/h5-8,13,18H,9-12,14-16H2,1-4H3/t18-/m1/s1. The molecule has 0 unspecified atom stereocenters. The Balaban J connectivity index is 1.54. The van der Waals surface area contributed by atoms with Crippen LogP contribution in [0.3, 0.4) is 0 Å². The Kier molecular flexibility index (Phi) is 7.80. The van der Waals surface area contributed by atoms with Gasteiger partial charge in [0.2, 0.25) is 0 Å². The van der Waals surface area contributed by atoms with Crippen molar-refractivity contribution in [1.29, 1.82) is 0 Å². The number of methoxy groups -OCH3 is 1. The van der Waals surface area contributed by atoms with E-state index >= 15 is 0 Å². The average molecular weight is 469 g/mol. The minimum Gasteiger partial charge on any atom is -0.383 e. The zero-order valence-electron chi connectivity index (χ0n) is 19.8. The fourth-order valence-electron chi connectivity index (χ4n) is 4.50. The maximum Gasteiger partial charge on any atom is 0.174 e. The zero-order valence-corrected chi connectivity index (χ0v) is 20.7. The number of Topliss-reactive ketones (excluding diaryl/α,β-unsaturated/α-hetero) is 1. The summed E-state index contributed by atoms with van der Waals surface area (Å²) in [6.07, 6.45) is 0. The number of ketones is 1. The van der Waals surface area contributed by atoms with Gasteiger partial charge in [-0.1, -0.05) is 30.0 Å². The van der Waals surface area contributed by atoms with Crippen LogP contribution in [0.1, 0.15) is 40.5 Å². The second kappa shape index (κ2) is 10.8. The molecular weight excluding hydrogens is 436 g/mol. The van der Waals surface area contributed by atoms with E-state index in [1.165, 1.54) is 11.8 Å². The molecule has 1 aliphatic rings. The number of morpholine rings is 1. The van der Waals surface area contributed by atoms with E-state index < -0.39 is 0 Å². The summed E-state index contributed by atoms with van der Waals surface area (Å²) in [6.45, 7) is 10.7. The monoisotopic (exact) mass is 468 g/mol. The van der Waals surface area contributed by atoms with Crippen molar-refractivity contribution in [3.05, 3.63) is 53.1 Å². The predicted molar refractivity (Wildman–Crippen MR) is 131 cm³/mol. The van der Waals surface area contributed by atoms with Crippen LogP contribution in [0.25, 0.3) is 10.9 Å². The molecule has 176 valence electrons. The van der Waals surface area contributed by atoms with E-state index in [0.29, 0.717) is 18.9 Å². The van der Waals surface area contributed by atoms with E-state index in [-0.39, 0.29) is 11.8 Å². The van der Waals surface area contributed by atoms with Crippen LogP contribution in [0.4, 0.5) is 0 Å². The predicted octanol–water partition coefficient (Wildman–Crippen LogP) is 4.06. The molecule has 0 bridgehead atoms. The molecular formula is C25H32N4O3S. The van der Waals surface area contributed by atoms with E-state index in [4.69, 9.17) is 19.4 Å². The highest BCUT2D eigenvalue weighted by Gasteiger charge is 2.20. The number of carbonyl (C=O) groups excluding carboxylic acids is 1. The maximum atomic E-state index is 13.2. The molecule has 1 fully saturated rings. The van der Waals surface area contributed by atoms with E-state index in [0.717, 1.165) is 65.0 Å². The summed E-state index contributed by atoms with van der Waals surface area (Å²) in [7, 11) is 1.70. The van der Waals surface area contributed by atoms with Crippen molar-refractivity contribution in [2.75, 3.05) is 45.8 Å². The van der Waals surface area contributed by atoms with Gasteiger partial charge >= 0.3 is 0 Å². The molecule has 1 atom stereocenters. The van der Waals surface area contributed by atoms with E-state index in [1.54, 1.807) is 7.11 Å². The molecule has 0 amide bonds. The van der Waals surface area contributed by atoms with Gasteiger partial charge in [0.1, 0.15) is 10.9 Å². The number of rotatable bonds is 9. The van der Waals surface area contributed by atoms with Crippen molar-refractivity contribution in [1.82, 2.24) is 19.4 Å². The number of benzene rings is 1. The summed E-state index contributed by atoms with van der Waals surface area (Å²) in [5.41, 5.74) is 3.75. The number of hydrogen-bond donors (Lipinski definition) is 0. The highest BCUT2D eigenvalue weighted by molar-refractivity contribution is 8.00. The van der Waals surface area contributed by atoms with Crippen LogP contribution in [-0.4, -0.2) is 71.0 Å². The Morgan fingerprint density at radius 2 is 1.97 bits per heavy atom. The van der Waals surface area contributed by atoms with Crippen molar-refractivity contribution >= 4 is 28.4 Å². The van der Waals surface area contributed by atoms with E-state index in [2.05, 4.69) is 16.4 Å². The minimum atomic E-state index is 0.112. The van der Waals surface area contributed by atoms with Gasteiger partial charge in [-0.2, -0.15) is 0 Å². The molecule has 3 aromatic rings. The number of fused-ring (bicyclic) bond motifs is 1. The summed E-state index contributed by atoms with van der Waals surface area (Å²) in [5.74, 6) is 1.24. The molecule has 0 spiro atoms. The highest BCUT2D eigenvalue weighted by atomic mass is 32.2. The quantitative estimate of drug-likeness (QED) is 0.266. The lowest BCUT2D eigenvalue weighted by molar-refractivity contribution is 0.0330. The minimum absolute atomic E-state index is 0.112. The molecule has 7 nitrogen and oxygen atoms in total. The Labute approximate surface area is 199 Å². The lowest BCUT2D eigenvalue weighted by Gasteiger charge is -2.25. The van der Waals surface area contributed by atoms with Gasteiger partial charge in [0.15, 0.2) is 5.78 Å². The first-order valence-corrected chi connectivity index (χ1v) is 12.4. The van der Waals surface area contributed by atoms with Crippen LogP contribution >= 0.6 is 11.8 Å². The lowest BCUT2D eigenvalue weighted by Crippen LogP contribution is -2.36. The summed E-state index contributed by atoms with van der Waals surface area (Å²) < 4.78 is 13.0. The first-order valence-electron chi connectivity index (χ1n) is 11.4. The van der Waals surface area contributed by atoms with Gasteiger partial charge in [-0.25, -0.2) is 9.97 Å². The third-order valence-corrected chi connectivity index (χ3v) is 7.05. The number of aromatic nitrogens is 3. The first kappa shape index (κ1) is 23.9. The zero-order chi connectivity index (χ0) is 23.4. The molecule has 1 saturated heterocycles. The van der Waals surface area contributed by atoms with Gasteiger partial charge in [0.05, 0.1) is 43.7 Å². The molecule has 0 radical (unpaired) electrons. The fourth-order valence-corrected chi connectivity index (χ4v) is 5.42. The van der Waals surface area contributed by atoms with E-state index in [9.17, 15) is 4.79 Å². The largest absolute Gasteiger partial charge is 0.383 e. The average Bonchev–Trinajstić information content (AvgIpc) is 3.12. The maximum absolute atomic E-state index is 13.2. The van der Waals surface area contributed by atoms with Crippen molar-refractivity contribution in [2.24, 2.45) is 0 Å². The summed E-state index contributed by atoms with van der Waals surface area (Å²) in [5, 5.41) is 1.85. The van der Waals surface area contributed by atoms with Crippen LogP contribution in [-0.2, 0) is 16.0 Å². The van der Waals surface area contributed by atoms with Crippen molar-refractivity contribution in [3.8, 4) is 0 Å². The molecule has 0 aliphatic carbocycles. The number of ether oxygens (including phenoxy) is 2. The highest BCUT2D eigenvalue weighted by Crippen LogP contribution is 2.28. The van der Waals surface area contributed by atoms with Gasteiger partial charge in [0, 0.05) is 42.5 Å². The van der Waals surface area contributed by atoms with Gasteiger partial charge in [-0.15, -0.1) is 0 Å². The van der Waals surface area contributed by atoms with Crippen molar-refractivity contribution < 1.29 is 14.3 Å². The molecule has 8 heteroatoms. The Hall–Kier alpha value is -2.26. The lowest BCUT2D eigenvalue weighted by atomic mass is 10.2. The number of thioether (sulfide) groups is 1. The first-order chi connectivity index (χ1) is 16.0. The molecule has 1 aromatic carbocycles. The number of carbonyl (C=O) groups is 1. The molecule has 3 heterocycles.